The number of primary amides is 1. The number of nitrogens with zero attached hydrogens (tertiary/aromatic N) is 3. The molecule has 3 aromatic heterocycles. The summed E-state index contributed by atoms with van der Waals surface area (Å²) in [7, 11) is 0. The zero-order valence-corrected chi connectivity index (χ0v) is 22.2. The number of thiazole rings is 1. The molecule has 0 aliphatic heterocycles. The number of aromatic nitrogens is 3. The normalized spacial score (nSPS) is 12.7. The predicted molar refractivity (Wildman–Crippen MR) is 139 cm³/mol. The van der Waals surface area contributed by atoms with Crippen molar-refractivity contribution in [3.8, 4) is 22.3 Å². The van der Waals surface area contributed by atoms with Crippen LogP contribution in [0.3, 0.4) is 0 Å². The van der Waals surface area contributed by atoms with Crippen molar-refractivity contribution in [2.45, 2.75) is 59.1 Å². The molecule has 1 aromatic carbocycles. The molecule has 3 heterocycles. The highest BCUT2D eigenvalue weighted by molar-refractivity contribution is 7.17. The van der Waals surface area contributed by atoms with E-state index < -0.39 is 18.6 Å². The molecule has 1 atom stereocenters. The van der Waals surface area contributed by atoms with Crippen LogP contribution in [-0.4, -0.2) is 37.5 Å². The number of nitrogens with one attached hydrogen (secondary N) is 1. The van der Waals surface area contributed by atoms with Crippen molar-refractivity contribution in [3.63, 3.8) is 0 Å². The fourth-order valence-corrected chi connectivity index (χ4v) is 4.61. The van der Waals surface area contributed by atoms with Crippen LogP contribution in [0.15, 0.2) is 42.7 Å². The Kier molecular flexibility index (Phi) is 7.95. The van der Waals surface area contributed by atoms with Gasteiger partial charge in [-0.3, -0.25) is 9.20 Å². The molecule has 0 fully saturated rings. The summed E-state index contributed by atoms with van der Waals surface area (Å²) >= 11 is 1.02. The van der Waals surface area contributed by atoms with Gasteiger partial charge in [0.25, 0.3) is 5.91 Å². The Balaban J connectivity index is 1.66. The van der Waals surface area contributed by atoms with E-state index >= 15 is 0 Å². The smallest absolute Gasteiger partial charge is 0.387 e. The number of imidazole rings is 1. The molecule has 0 bridgehead atoms. The zero-order chi connectivity index (χ0) is 27.6. The van der Waals surface area contributed by atoms with Gasteiger partial charge in [-0.2, -0.15) is 13.8 Å². The Labute approximate surface area is 222 Å². The largest absolute Gasteiger partial charge is 0.468 e. The Morgan fingerprint density at radius 3 is 2.61 bits per heavy atom. The van der Waals surface area contributed by atoms with Crippen molar-refractivity contribution in [1.82, 2.24) is 19.7 Å². The van der Waals surface area contributed by atoms with E-state index in [4.69, 9.17) is 15.2 Å². The molecule has 9 nitrogen and oxygen atoms in total. The number of fused-ring (bicyclic) bond motifs is 1. The molecule has 4 aromatic rings. The molecule has 0 radical (unpaired) electrons. The van der Waals surface area contributed by atoms with E-state index in [2.05, 4.69) is 15.3 Å². The summed E-state index contributed by atoms with van der Waals surface area (Å²) in [5, 5.41) is 13.2. The fraction of sp³-hybridized carbons (Fsp3) is 0.346. The molecule has 0 unspecified atom stereocenters. The Morgan fingerprint density at radius 2 is 1.95 bits per heavy atom. The van der Waals surface area contributed by atoms with Crippen LogP contribution in [0.25, 0.3) is 16.3 Å². The molecule has 4 rings (SSSR count). The number of aliphatic hydroxyl groups is 1. The average molecular weight is 546 g/mol. The number of ether oxygens (including phenoxy) is 2. The number of carbonyl (C=O) groups is 1. The predicted octanol–water partition coefficient (Wildman–Crippen LogP) is 4.68. The number of alkyl halides is 2. The number of rotatable bonds is 10. The van der Waals surface area contributed by atoms with Gasteiger partial charge < -0.3 is 25.6 Å². The number of amides is 1. The maximum absolute atomic E-state index is 13.2. The minimum atomic E-state index is -3.03. The second-order valence-corrected chi connectivity index (χ2v) is 10.7. The molecular weight excluding hydrogens is 516 g/mol. The van der Waals surface area contributed by atoms with Crippen LogP contribution in [0, 0.1) is 0 Å². The van der Waals surface area contributed by atoms with E-state index in [9.17, 15) is 18.7 Å². The summed E-state index contributed by atoms with van der Waals surface area (Å²) in [6.45, 7) is 4.93. The van der Waals surface area contributed by atoms with Crippen LogP contribution < -0.4 is 20.5 Å². The maximum Gasteiger partial charge on any atom is 0.387 e. The third-order valence-corrected chi connectivity index (χ3v) is 6.71. The van der Waals surface area contributed by atoms with E-state index in [1.54, 1.807) is 54.0 Å². The second-order valence-electron chi connectivity index (χ2n) is 9.70. The number of aliphatic hydroxyl groups excluding tert-OH is 1. The van der Waals surface area contributed by atoms with Gasteiger partial charge >= 0.3 is 6.61 Å². The summed E-state index contributed by atoms with van der Waals surface area (Å²) in [5.74, 6) is -0.802. The highest BCUT2D eigenvalue weighted by Crippen LogP contribution is 2.37. The van der Waals surface area contributed by atoms with Crippen molar-refractivity contribution < 1.29 is 28.2 Å². The van der Waals surface area contributed by atoms with Crippen molar-refractivity contribution in [1.29, 1.82) is 0 Å². The molecule has 202 valence electrons. The van der Waals surface area contributed by atoms with E-state index in [0.717, 1.165) is 16.9 Å². The first-order valence-electron chi connectivity index (χ1n) is 11.8. The number of hydrogen-bond acceptors (Lipinski definition) is 8. The third-order valence-electron chi connectivity index (χ3n) is 5.63. The minimum Gasteiger partial charge on any atom is -0.468 e. The van der Waals surface area contributed by atoms with Gasteiger partial charge in [-0.1, -0.05) is 18.2 Å². The molecule has 0 spiro atoms. The molecule has 12 heteroatoms. The Morgan fingerprint density at radius 1 is 1.21 bits per heavy atom. The Bertz CT molecular complexity index is 1450. The van der Waals surface area contributed by atoms with Crippen LogP contribution in [0.1, 0.15) is 60.2 Å². The van der Waals surface area contributed by atoms with Crippen molar-refractivity contribution in [3.05, 3.63) is 64.3 Å². The van der Waals surface area contributed by atoms with Gasteiger partial charge in [0.05, 0.1) is 12.8 Å². The SMILES string of the molecule is C[C@@H](Oc1nc(-c2cnc3ccc(CO)cn23)sc1C(N)=O)c1ccc(CNC(C)(C)C)cc1OC(F)F. The zero-order valence-electron chi connectivity index (χ0n) is 21.4. The first kappa shape index (κ1) is 27.4. The fourth-order valence-electron chi connectivity index (χ4n) is 3.75. The summed E-state index contributed by atoms with van der Waals surface area (Å²) < 4.78 is 39.0. The van der Waals surface area contributed by atoms with Gasteiger partial charge in [0.15, 0.2) is 4.88 Å². The molecule has 0 saturated carbocycles. The standard InChI is InChI=1S/C26H29F2N5O4S/c1-14(17-7-5-15(10-31-26(2,3)4)9-19(17)37-25(27)28)36-23-21(22(29)35)38-24(32-23)18-11-30-20-8-6-16(13-34)12-33(18)20/h5-9,11-12,14,25,31,34H,10,13H2,1-4H3,(H2,29,35)/t14-/m1/s1. The van der Waals surface area contributed by atoms with Gasteiger partial charge in [-0.15, -0.1) is 11.3 Å². The molecule has 38 heavy (non-hydrogen) atoms. The Hall–Kier alpha value is -3.61. The van der Waals surface area contributed by atoms with E-state index in [-0.39, 0.29) is 28.7 Å². The van der Waals surface area contributed by atoms with Gasteiger partial charge in [0.1, 0.15) is 28.2 Å². The van der Waals surface area contributed by atoms with Crippen LogP contribution >= 0.6 is 11.3 Å². The monoisotopic (exact) mass is 545 g/mol. The maximum atomic E-state index is 13.2. The highest BCUT2D eigenvalue weighted by atomic mass is 32.1. The van der Waals surface area contributed by atoms with Crippen molar-refractivity contribution >= 4 is 22.9 Å². The quantitative estimate of drug-likeness (QED) is 0.264. The lowest BCUT2D eigenvalue weighted by atomic mass is 10.0. The summed E-state index contributed by atoms with van der Waals surface area (Å²) in [5.41, 5.74) is 8.42. The summed E-state index contributed by atoms with van der Waals surface area (Å²) in [4.78, 5) is 21.1. The molecule has 1 amide bonds. The van der Waals surface area contributed by atoms with E-state index in [1.807, 2.05) is 20.8 Å². The molecule has 0 aliphatic carbocycles. The topological polar surface area (TPSA) is 124 Å². The number of halogens is 2. The van der Waals surface area contributed by atoms with Crippen LogP contribution in [0.4, 0.5) is 8.78 Å². The number of benzene rings is 1. The first-order chi connectivity index (χ1) is 17.9. The van der Waals surface area contributed by atoms with Gasteiger partial charge in [-0.25, -0.2) is 4.98 Å². The lowest BCUT2D eigenvalue weighted by molar-refractivity contribution is -0.0513. The van der Waals surface area contributed by atoms with Crippen molar-refractivity contribution in [2.24, 2.45) is 5.73 Å². The van der Waals surface area contributed by atoms with Gasteiger partial charge in [0.2, 0.25) is 5.88 Å². The van der Waals surface area contributed by atoms with Crippen LogP contribution in [0.5, 0.6) is 11.6 Å². The molecule has 0 saturated heterocycles. The minimum absolute atomic E-state index is 0.0280. The van der Waals surface area contributed by atoms with Crippen LogP contribution in [-0.2, 0) is 13.2 Å². The van der Waals surface area contributed by atoms with Gasteiger partial charge in [-0.05, 0) is 51.0 Å². The van der Waals surface area contributed by atoms with E-state index in [0.29, 0.717) is 34.0 Å². The lowest BCUT2D eigenvalue weighted by Gasteiger charge is -2.22. The third kappa shape index (κ3) is 6.26. The molecular formula is C26H29F2N5O4S. The summed E-state index contributed by atoms with van der Waals surface area (Å²) in [6, 6.07) is 8.49. The van der Waals surface area contributed by atoms with E-state index in [1.165, 1.54) is 0 Å². The van der Waals surface area contributed by atoms with Gasteiger partial charge in [0, 0.05) is 23.8 Å². The van der Waals surface area contributed by atoms with Crippen molar-refractivity contribution in [2.75, 3.05) is 0 Å². The lowest BCUT2D eigenvalue weighted by Crippen LogP contribution is -2.35. The first-order valence-corrected chi connectivity index (χ1v) is 12.6. The number of carbonyl (C=O) groups excluding carboxylic acids is 1. The number of hydrogen-bond donors (Lipinski definition) is 3. The number of nitrogens with two attached hydrogens (primary N) is 1. The molecule has 0 aliphatic rings. The molecule has 4 N–H and O–H groups in total. The van der Waals surface area contributed by atoms with Crippen LogP contribution in [0.2, 0.25) is 0 Å². The second kappa shape index (κ2) is 11.0. The number of pyridine rings is 1. The highest BCUT2D eigenvalue weighted by Gasteiger charge is 2.24. The summed E-state index contributed by atoms with van der Waals surface area (Å²) in [6.07, 6.45) is 2.51. The average Bonchev–Trinajstić information content (AvgIpc) is 3.45.